The van der Waals surface area contributed by atoms with E-state index in [0.717, 1.165) is 4.57 Å². The predicted octanol–water partition coefficient (Wildman–Crippen LogP) is 0.408. The molecular formula is C18H18FN3O8. The third-order valence-electron chi connectivity index (χ3n) is 4.63. The number of carbonyl (C=O) groups is 1. The maximum atomic E-state index is 13.4. The van der Waals surface area contributed by atoms with E-state index in [2.05, 4.69) is 0 Å². The number of nitrogens with zero attached hydrogens (tertiary/aromatic N) is 2. The number of nitrogens with one attached hydrogen (secondary N) is 1. The lowest BCUT2D eigenvalue weighted by atomic mass is 10.1. The molecule has 30 heavy (non-hydrogen) atoms. The summed E-state index contributed by atoms with van der Waals surface area (Å²) in [5.41, 5.74) is -1.78. The molecule has 1 aromatic carbocycles. The van der Waals surface area contributed by atoms with Gasteiger partial charge in [0.1, 0.15) is 18.9 Å². The van der Waals surface area contributed by atoms with Crippen LogP contribution in [0.3, 0.4) is 0 Å². The van der Waals surface area contributed by atoms with Gasteiger partial charge in [-0.3, -0.25) is 29.3 Å². The number of esters is 1. The highest BCUT2D eigenvalue weighted by Crippen LogP contribution is 2.28. The molecule has 0 unspecified atom stereocenters. The van der Waals surface area contributed by atoms with E-state index in [-0.39, 0.29) is 31.6 Å². The molecule has 0 saturated carbocycles. The van der Waals surface area contributed by atoms with Gasteiger partial charge in [-0.2, -0.15) is 4.39 Å². The molecule has 11 nitrogen and oxygen atoms in total. The van der Waals surface area contributed by atoms with Gasteiger partial charge in [-0.15, -0.1) is 0 Å². The van der Waals surface area contributed by atoms with E-state index in [1.54, 1.807) is 17.1 Å². The van der Waals surface area contributed by atoms with Crippen molar-refractivity contribution in [1.82, 2.24) is 9.55 Å². The molecule has 0 bridgehead atoms. The Balaban J connectivity index is 1.54. The lowest BCUT2D eigenvalue weighted by Crippen LogP contribution is -2.34. The van der Waals surface area contributed by atoms with Gasteiger partial charge >= 0.3 is 11.7 Å². The maximum absolute atomic E-state index is 13.4. The Bertz CT molecular complexity index is 1070. The molecule has 1 aliphatic heterocycles. The van der Waals surface area contributed by atoms with Crippen LogP contribution in [0.4, 0.5) is 10.1 Å². The van der Waals surface area contributed by atoms with Crippen LogP contribution in [0, 0.1) is 15.9 Å². The van der Waals surface area contributed by atoms with E-state index < -0.39 is 46.4 Å². The zero-order valence-corrected chi connectivity index (χ0v) is 15.5. The Morgan fingerprint density at radius 3 is 2.87 bits per heavy atom. The number of nitro groups is 1. The second-order valence-corrected chi connectivity index (χ2v) is 6.64. The molecule has 12 heteroatoms. The Kier molecular flexibility index (Phi) is 6.37. The van der Waals surface area contributed by atoms with Crippen LogP contribution < -0.4 is 11.2 Å². The highest BCUT2D eigenvalue weighted by atomic mass is 19.1. The number of nitro benzene ring substituents is 1. The number of benzene rings is 1. The van der Waals surface area contributed by atoms with Gasteiger partial charge in [0.05, 0.1) is 17.2 Å². The fourth-order valence-electron chi connectivity index (χ4n) is 3.09. The summed E-state index contributed by atoms with van der Waals surface area (Å²) in [4.78, 5) is 47.1. The van der Waals surface area contributed by atoms with E-state index in [0.29, 0.717) is 11.8 Å². The van der Waals surface area contributed by atoms with Crippen LogP contribution in [0.25, 0.3) is 0 Å². The van der Waals surface area contributed by atoms with Crippen LogP contribution in [0.5, 0.6) is 0 Å². The molecule has 0 aliphatic carbocycles. The van der Waals surface area contributed by atoms with Crippen LogP contribution in [0.1, 0.15) is 24.6 Å². The first-order valence-corrected chi connectivity index (χ1v) is 8.98. The molecule has 2 aromatic rings. The SMILES string of the molecule is O=C(CCc1ccccc1[N+](=O)[O-])OC[C@H]1O[C@@H](n2cc(F)c(=O)[nH]c2=O)C[C@@H]1O. The summed E-state index contributed by atoms with van der Waals surface area (Å²) < 4.78 is 24.8. The monoisotopic (exact) mass is 423 g/mol. The normalized spacial score (nSPS) is 20.8. The number of para-hydroxylation sites is 1. The van der Waals surface area contributed by atoms with Crippen molar-refractivity contribution in [1.29, 1.82) is 0 Å². The molecule has 0 amide bonds. The quantitative estimate of drug-likeness (QED) is 0.369. The highest BCUT2D eigenvalue weighted by molar-refractivity contribution is 5.70. The number of hydrogen-bond acceptors (Lipinski definition) is 8. The smallest absolute Gasteiger partial charge is 0.330 e. The van der Waals surface area contributed by atoms with Gasteiger partial charge < -0.3 is 14.6 Å². The van der Waals surface area contributed by atoms with Crippen molar-refractivity contribution in [3.63, 3.8) is 0 Å². The predicted molar refractivity (Wildman–Crippen MR) is 98.2 cm³/mol. The van der Waals surface area contributed by atoms with Crippen molar-refractivity contribution >= 4 is 11.7 Å². The van der Waals surface area contributed by atoms with E-state index in [1.165, 1.54) is 12.1 Å². The van der Waals surface area contributed by atoms with Crippen LogP contribution in [0.15, 0.2) is 40.1 Å². The number of aromatic nitrogens is 2. The van der Waals surface area contributed by atoms with Gasteiger partial charge in [-0.25, -0.2) is 4.79 Å². The van der Waals surface area contributed by atoms with Crippen molar-refractivity contribution in [2.45, 2.75) is 37.7 Å². The van der Waals surface area contributed by atoms with Crippen LogP contribution in [0.2, 0.25) is 0 Å². The van der Waals surface area contributed by atoms with Gasteiger partial charge in [0.2, 0.25) is 5.82 Å². The number of aryl methyl sites for hydroxylation is 1. The largest absolute Gasteiger partial charge is 0.463 e. The van der Waals surface area contributed by atoms with Gasteiger partial charge in [0, 0.05) is 24.5 Å². The lowest BCUT2D eigenvalue weighted by molar-refractivity contribution is -0.385. The zero-order chi connectivity index (χ0) is 21.8. The van der Waals surface area contributed by atoms with Crippen LogP contribution in [-0.4, -0.2) is 44.4 Å². The standard InChI is InChI=1S/C18H18FN3O8/c19-11-8-21(18(26)20-17(11)25)15-7-13(23)14(30-15)9-29-16(24)6-5-10-3-1-2-4-12(10)22(27)28/h1-4,8,13-15,23H,5-7,9H2,(H,20,25,26)/t13-,14+,15+/m0/s1. The summed E-state index contributed by atoms with van der Waals surface area (Å²) in [5, 5.41) is 21.1. The van der Waals surface area contributed by atoms with E-state index >= 15 is 0 Å². The van der Waals surface area contributed by atoms with Gasteiger partial charge in [-0.1, -0.05) is 18.2 Å². The van der Waals surface area contributed by atoms with E-state index in [4.69, 9.17) is 9.47 Å². The summed E-state index contributed by atoms with van der Waals surface area (Å²) in [6.45, 7) is -0.325. The highest BCUT2D eigenvalue weighted by Gasteiger charge is 2.36. The summed E-state index contributed by atoms with van der Waals surface area (Å²) in [5.74, 6) is -1.84. The fraction of sp³-hybridized carbons (Fsp3) is 0.389. The number of aromatic amines is 1. The van der Waals surface area contributed by atoms with Gasteiger partial charge in [-0.05, 0) is 6.42 Å². The van der Waals surface area contributed by atoms with Crippen molar-refractivity contribution in [3.05, 3.63) is 72.8 Å². The second kappa shape index (κ2) is 8.97. The molecule has 1 fully saturated rings. The summed E-state index contributed by atoms with van der Waals surface area (Å²) in [7, 11) is 0. The summed E-state index contributed by atoms with van der Waals surface area (Å²) in [6.07, 6.45) is -2.54. The summed E-state index contributed by atoms with van der Waals surface area (Å²) >= 11 is 0. The van der Waals surface area contributed by atoms with Crippen molar-refractivity contribution in [2.75, 3.05) is 6.61 Å². The topological polar surface area (TPSA) is 154 Å². The molecule has 3 atom stereocenters. The van der Waals surface area contributed by atoms with Gasteiger partial charge in [0.25, 0.3) is 11.2 Å². The number of ether oxygens (including phenoxy) is 2. The minimum Gasteiger partial charge on any atom is -0.463 e. The number of aliphatic hydroxyl groups excluding tert-OH is 1. The average molecular weight is 423 g/mol. The Labute approximate surface area is 167 Å². The number of carbonyl (C=O) groups excluding carboxylic acids is 1. The van der Waals surface area contributed by atoms with Crippen LogP contribution in [-0.2, 0) is 20.7 Å². The first-order valence-electron chi connectivity index (χ1n) is 8.98. The number of halogens is 1. The average Bonchev–Trinajstić information content (AvgIpc) is 3.08. The second-order valence-electron chi connectivity index (χ2n) is 6.64. The molecule has 1 saturated heterocycles. The van der Waals surface area contributed by atoms with Crippen molar-refractivity contribution in [2.24, 2.45) is 0 Å². The maximum Gasteiger partial charge on any atom is 0.330 e. The molecule has 0 radical (unpaired) electrons. The van der Waals surface area contributed by atoms with Gasteiger partial charge in [0.15, 0.2) is 0 Å². The molecule has 1 aromatic heterocycles. The lowest BCUT2D eigenvalue weighted by Gasteiger charge is -2.16. The molecule has 2 N–H and O–H groups in total. The number of H-pyrrole nitrogens is 1. The van der Waals surface area contributed by atoms with Crippen molar-refractivity contribution in [3.8, 4) is 0 Å². The Morgan fingerprint density at radius 2 is 2.13 bits per heavy atom. The number of aliphatic hydroxyl groups is 1. The molecule has 0 spiro atoms. The zero-order valence-electron chi connectivity index (χ0n) is 15.5. The molecule has 160 valence electrons. The minimum absolute atomic E-state index is 0.0795. The molecule has 1 aliphatic rings. The van der Waals surface area contributed by atoms with E-state index in [9.17, 15) is 34.0 Å². The fourth-order valence-corrected chi connectivity index (χ4v) is 3.09. The number of hydrogen-bond donors (Lipinski definition) is 2. The molecular weight excluding hydrogens is 405 g/mol. The molecule has 2 heterocycles. The first kappa shape index (κ1) is 21.3. The summed E-state index contributed by atoms with van der Waals surface area (Å²) in [6, 6.07) is 6.03. The minimum atomic E-state index is -1.18. The number of rotatable bonds is 7. The third kappa shape index (κ3) is 4.78. The first-order chi connectivity index (χ1) is 14.3. The van der Waals surface area contributed by atoms with Crippen molar-refractivity contribution < 1.29 is 28.7 Å². The Hall–Kier alpha value is -3.38. The Morgan fingerprint density at radius 1 is 1.40 bits per heavy atom. The molecule has 3 rings (SSSR count). The van der Waals surface area contributed by atoms with Crippen LogP contribution >= 0.6 is 0 Å². The van der Waals surface area contributed by atoms with E-state index in [1.807, 2.05) is 0 Å². The third-order valence-corrected chi connectivity index (χ3v) is 4.63.